The second kappa shape index (κ2) is 6.41. The number of carbonyl (C=O) groups excluding carboxylic acids is 1. The predicted molar refractivity (Wildman–Crippen MR) is 98.8 cm³/mol. The lowest BCUT2D eigenvalue weighted by Crippen LogP contribution is -2.03. The number of carbonyl (C=O) groups is 1. The minimum absolute atomic E-state index is 0.0487. The van der Waals surface area contributed by atoms with Gasteiger partial charge in [0.25, 0.3) is 0 Å². The molecule has 0 fully saturated rings. The first-order chi connectivity index (χ1) is 12.1. The number of ketones is 1. The fourth-order valence-corrected chi connectivity index (χ4v) is 3.76. The zero-order chi connectivity index (χ0) is 17.4. The molecule has 1 aliphatic heterocycles. The van der Waals surface area contributed by atoms with Gasteiger partial charge in [-0.3, -0.25) is 4.79 Å². The van der Waals surface area contributed by atoms with E-state index in [0.29, 0.717) is 22.8 Å². The number of pyridine rings is 1. The number of ether oxygens (including phenoxy) is 2. The van der Waals surface area contributed by atoms with Crippen LogP contribution in [0.5, 0.6) is 11.5 Å². The maximum absolute atomic E-state index is 12.5. The molecule has 0 aliphatic carbocycles. The standard InChI is InChI=1S/C20H17NO3S/c1-12-4-3-5-15-13(2)8-19(21-20(12)15)25-10-16(22)14-6-7-17-18(9-14)24-11-23-17/h3-9H,10-11H2,1-2H3. The normalized spacial score (nSPS) is 12.6. The second-order valence-corrected chi connectivity index (χ2v) is 7.02. The van der Waals surface area contributed by atoms with E-state index in [4.69, 9.17) is 14.5 Å². The maximum Gasteiger partial charge on any atom is 0.231 e. The zero-order valence-corrected chi connectivity index (χ0v) is 14.9. The average Bonchev–Trinajstić information content (AvgIpc) is 3.08. The number of nitrogens with zero attached hydrogens (tertiary/aromatic N) is 1. The molecule has 25 heavy (non-hydrogen) atoms. The van der Waals surface area contributed by atoms with E-state index in [1.165, 1.54) is 17.3 Å². The van der Waals surface area contributed by atoms with Crippen molar-refractivity contribution in [3.05, 3.63) is 59.2 Å². The summed E-state index contributed by atoms with van der Waals surface area (Å²) in [6.45, 7) is 4.34. The Balaban J connectivity index is 1.54. The molecule has 0 saturated carbocycles. The van der Waals surface area contributed by atoms with Crippen LogP contribution in [-0.2, 0) is 0 Å². The maximum atomic E-state index is 12.5. The van der Waals surface area contributed by atoms with Gasteiger partial charge in [0.1, 0.15) is 0 Å². The van der Waals surface area contributed by atoms with Gasteiger partial charge in [0.15, 0.2) is 17.3 Å². The van der Waals surface area contributed by atoms with Crippen LogP contribution in [0.15, 0.2) is 47.5 Å². The first kappa shape index (κ1) is 16.0. The number of hydrogen-bond donors (Lipinski definition) is 0. The van der Waals surface area contributed by atoms with Gasteiger partial charge >= 0.3 is 0 Å². The molecular weight excluding hydrogens is 334 g/mol. The number of aryl methyl sites for hydroxylation is 2. The molecule has 4 rings (SSSR count). The number of para-hydroxylation sites is 1. The summed E-state index contributed by atoms with van der Waals surface area (Å²) >= 11 is 1.46. The minimum Gasteiger partial charge on any atom is -0.454 e. The highest BCUT2D eigenvalue weighted by atomic mass is 32.2. The summed E-state index contributed by atoms with van der Waals surface area (Å²) in [5.74, 6) is 1.70. The molecule has 0 spiro atoms. The van der Waals surface area contributed by atoms with Crippen LogP contribution in [0.25, 0.3) is 10.9 Å². The number of rotatable bonds is 4. The largest absolute Gasteiger partial charge is 0.454 e. The van der Waals surface area contributed by atoms with Gasteiger partial charge in [0.05, 0.1) is 16.3 Å². The van der Waals surface area contributed by atoms with Crippen LogP contribution in [0.1, 0.15) is 21.5 Å². The molecule has 0 unspecified atom stereocenters. The molecule has 0 atom stereocenters. The Morgan fingerprint density at radius 1 is 1.08 bits per heavy atom. The van der Waals surface area contributed by atoms with E-state index in [2.05, 4.69) is 26.0 Å². The van der Waals surface area contributed by atoms with Gasteiger partial charge in [-0.1, -0.05) is 30.0 Å². The minimum atomic E-state index is 0.0487. The lowest BCUT2D eigenvalue weighted by Gasteiger charge is -2.08. The Hall–Kier alpha value is -2.53. The van der Waals surface area contributed by atoms with Gasteiger partial charge in [-0.2, -0.15) is 0 Å². The van der Waals surface area contributed by atoms with E-state index < -0.39 is 0 Å². The third-order valence-electron chi connectivity index (χ3n) is 4.27. The number of hydrogen-bond acceptors (Lipinski definition) is 5. The summed E-state index contributed by atoms with van der Waals surface area (Å²) in [6, 6.07) is 13.5. The van der Waals surface area contributed by atoms with Crippen LogP contribution in [0.2, 0.25) is 0 Å². The molecule has 126 valence electrons. The van der Waals surface area contributed by atoms with Crippen molar-refractivity contribution in [2.75, 3.05) is 12.5 Å². The van der Waals surface area contributed by atoms with Crippen LogP contribution >= 0.6 is 11.8 Å². The fourth-order valence-electron chi connectivity index (χ4n) is 2.90. The number of thioether (sulfide) groups is 1. The van der Waals surface area contributed by atoms with Gasteiger partial charge in [0.2, 0.25) is 6.79 Å². The van der Waals surface area contributed by atoms with Gasteiger partial charge in [0, 0.05) is 10.9 Å². The van der Waals surface area contributed by atoms with Crippen molar-refractivity contribution in [1.29, 1.82) is 0 Å². The Bertz CT molecular complexity index is 984. The van der Waals surface area contributed by atoms with Crippen molar-refractivity contribution < 1.29 is 14.3 Å². The molecule has 1 aromatic heterocycles. The van der Waals surface area contributed by atoms with Crippen molar-refractivity contribution in [2.45, 2.75) is 18.9 Å². The van der Waals surface area contributed by atoms with E-state index in [-0.39, 0.29) is 12.6 Å². The molecule has 0 N–H and O–H groups in total. The van der Waals surface area contributed by atoms with Gasteiger partial charge in [-0.05, 0) is 49.2 Å². The average molecular weight is 351 g/mol. The molecule has 0 amide bonds. The topological polar surface area (TPSA) is 48.4 Å². The van der Waals surface area contributed by atoms with Crippen LogP contribution < -0.4 is 9.47 Å². The molecule has 2 aromatic carbocycles. The first-order valence-electron chi connectivity index (χ1n) is 8.04. The highest BCUT2D eigenvalue weighted by molar-refractivity contribution is 7.99. The van der Waals surface area contributed by atoms with E-state index in [0.717, 1.165) is 21.5 Å². The molecule has 3 aromatic rings. The molecule has 5 heteroatoms. The monoisotopic (exact) mass is 351 g/mol. The summed E-state index contributed by atoms with van der Waals surface area (Å²) in [5, 5.41) is 2.03. The van der Waals surface area contributed by atoms with E-state index >= 15 is 0 Å². The third kappa shape index (κ3) is 3.07. The number of fused-ring (bicyclic) bond motifs is 2. The molecule has 2 heterocycles. The van der Waals surface area contributed by atoms with Crippen molar-refractivity contribution >= 4 is 28.4 Å². The molecule has 4 nitrogen and oxygen atoms in total. The third-order valence-corrected chi connectivity index (χ3v) is 5.18. The second-order valence-electron chi connectivity index (χ2n) is 6.03. The zero-order valence-electron chi connectivity index (χ0n) is 14.0. The lowest BCUT2D eigenvalue weighted by atomic mass is 10.1. The smallest absolute Gasteiger partial charge is 0.231 e. The molecular formula is C20H17NO3S. The highest BCUT2D eigenvalue weighted by Gasteiger charge is 2.16. The van der Waals surface area contributed by atoms with Crippen molar-refractivity contribution in [2.24, 2.45) is 0 Å². The Morgan fingerprint density at radius 3 is 2.80 bits per heavy atom. The van der Waals surface area contributed by atoms with E-state index in [9.17, 15) is 4.79 Å². The van der Waals surface area contributed by atoms with E-state index in [1.54, 1.807) is 18.2 Å². The Morgan fingerprint density at radius 2 is 1.92 bits per heavy atom. The van der Waals surface area contributed by atoms with Crippen molar-refractivity contribution in [3.8, 4) is 11.5 Å². The molecule has 0 radical (unpaired) electrons. The predicted octanol–water partition coefficient (Wildman–Crippen LogP) is 4.56. The van der Waals surface area contributed by atoms with Crippen LogP contribution in [0, 0.1) is 13.8 Å². The summed E-state index contributed by atoms with van der Waals surface area (Å²) in [5.41, 5.74) is 3.95. The van der Waals surface area contributed by atoms with Crippen molar-refractivity contribution in [3.63, 3.8) is 0 Å². The van der Waals surface area contributed by atoms with Crippen LogP contribution in [0.3, 0.4) is 0 Å². The summed E-state index contributed by atoms with van der Waals surface area (Å²) < 4.78 is 10.6. The summed E-state index contributed by atoms with van der Waals surface area (Å²) in [7, 11) is 0. The number of benzene rings is 2. The molecule has 0 bridgehead atoms. The lowest BCUT2D eigenvalue weighted by molar-refractivity contribution is 0.102. The van der Waals surface area contributed by atoms with Gasteiger partial charge in [-0.25, -0.2) is 4.98 Å². The van der Waals surface area contributed by atoms with Gasteiger partial charge < -0.3 is 9.47 Å². The number of Topliss-reactive ketones (excluding diaryl/α,β-unsaturated/α-hetero) is 1. The summed E-state index contributed by atoms with van der Waals surface area (Å²) in [4.78, 5) is 17.2. The molecule has 0 saturated heterocycles. The fraction of sp³-hybridized carbons (Fsp3) is 0.200. The Kier molecular flexibility index (Phi) is 4.09. The van der Waals surface area contributed by atoms with Crippen LogP contribution in [0.4, 0.5) is 0 Å². The highest BCUT2D eigenvalue weighted by Crippen LogP contribution is 2.33. The van der Waals surface area contributed by atoms with Gasteiger partial charge in [-0.15, -0.1) is 0 Å². The SMILES string of the molecule is Cc1cc(SCC(=O)c2ccc3c(c2)OCO3)nc2c(C)cccc12. The summed E-state index contributed by atoms with van der Waals surface area (Å²) in [6.07, 6.45) is 0. The van der Waals surface area contributed by atoms with Crippen molar-refractivity contribution in [1.82, 2.24) is 4.98 Å². The Labute approximate surface area is 150 Å². The molecule has 1 aliphatic rings. The quantitative estimate of drug-likeness (QED) is 0.509. The first-order valence-corrected chi connectivity index (χ1v) is 9.03. The number of aromatic nitrogens is 1. The van der Waals surface area contributed by atoms with Crippen LogP contribution in [-0.4, -0.2) is 23.3 Å². The van der Waals surface area contributed by atoms with E-state index in [1.807, 2.05) is 12.1 Å².